The molecule has 0 spiro atoms. The summed E-state index contributed by atoms with van der Waals surface area (Å²) < 4.78 is 61.0. The normalized spacial score (nSPS) is 30.4. The topological polar surface area (TPSA) is 389 Å². The average molecular weight is 837 g/mol. The van der Waals surface area contributed by atoms with Gasteiger partial charge in [-0.1, -0.05) is 12.2 Å². The Morgan fingerprint density at radius 3 is 1.80 bits per heavy atom. The summed E-state index contributed by atoms with van der Waals surface area (Å²) in [4.78, 5) is 54.2. The monoisotopic (exact) mass is 836 g/mol. The summed E-state index contributed by atoms with van der Waals surface area (Å²) in [5.74, 6) is -2.29. The van der Waals surface area contributed by atoms with Crippen LogP contribution in [0.15, 0.2) is 17.4 Å². The minimum absolute atomic E-state index is 0.0553. The molecule has 7 unspecified atom stereocenters. The standard InChI is InChI=1S/C20H27N10O15P3S3/c21-19-25-13-7(15(35)27-19)23-3-29(13)17-11(33)9(31)5(42-17)1-50-46(37,38)44-48(41,49)45-47(39,40)51-2-6-10(32)12(34)18(43-6)30-4-24-8-14(30)26-20(22)28-16(8)36/h3-6,9-12,17-18,31-34H,1-2H2,(H,37,38)(H,39,40)(H,41,49)(H3,21,25,27,35)(H3,22,26,28,36)/t5-,6-,9?,10?,11?,12?,17-,18-,48?/m1/s1. The van der Waals surface area contributed by atoms with Crippen molar-refractivity contribution in [1.29, 1.82) is 0 Å². The van der Waals surface area contributed by atoms with E-state index in [4.69, 9.17) is 20.9 Å². The molecule has 4 aromatic rings. The minimum atomic E-state index is -5.10. The van der Waals surface area contributed by atoms with Gasteiger partial charge in [0, 0.05) is 11.5 Å². The summed E-state index contributed by atoms with van der Waals surface area (Å²) in [6.07, 6.45) is -9.84. The van der Waals surface area contributed by atoms with Crippen LogP contribution in [0.1, 0.15) is 12.5 Å². The van der Waals surface area contributed by atoms with E-state index >= 15 is 0 Å². The number of anilines is 2. The lowest BCUT2D eigenvalue weighted by atomic mass is 10.1. The Morgan fingerprint density at radius 2 is 1.29 bits per heavy atom. The molecule has 25 nitrogen and oxygen atoms in total. The highest BCUT2D eigenvalue weighted by Crippen LogP contribution is 2.77. The van der Waals surface area contributed by atoms with E-state index in [0.29, 0.717) is 0 Å². The van der Waals surface area contributed by atoms with Gasteiger partial charge in [-0.2, -0.15) is 15.0 Å². The number of ether oxygens (including phenoxy) is 2. The second-order valence-corrected chi connectivity index (χ2v) is 21.8. The van der Waals surface area contributed by atoms with Crippen LogP contribution in [0.5, 0.6) is 5.88 Å². The number of nitrogen functional groups attached to an aromatic ring is 2. The molecular weight excluding hydrogens is 809 g/mol. The molecule has 2 aliphatic rings. The molecule has 6 rings (SSSR count). The zero-order valence-electron chi connectivity index (χ0n) is 25.0. The molecule has 0 aliphatic carbocycles. The van der Waals surface area contributed by atoms with Crippen LogP contribution < -0.4 is 17.0 Å². The molecule has 6 heterocycles. The zero-order chi connectivity index (χ0) is 37.2. The molecule has 0 saturated carbocycles. The van der Waals surface area contributed by atoms with Crippen LogP contribution in [-0.2, 0) is 31.8 Å². The molecule has 12 N–H and O–H groups in total. The van der Waals surface area contributed by atoms with Crippen LogP contribution in [-0.4, -0.2) is 122 Å². The molecule has 2 aliphatic heterocycles. The Balaban J connectivity index is 1.04. The van der Waals surface area contributed by atoms with Gasteiger partial charge in [0.05, 0.1) is 24.9 Å². The predicted molar refractivity (Wildman–Crippen MR) is 179 cm³/mol. The van der Waals surface area contributed by atoms with Gasteiger partial charge in [0.15, 0.2) is 34.8 Å². The number of aromatic nitrogens is 8. The molecule has 0 aromatic carbocycles. The Hall–Kier alpha value is -2.36. The van der Waals surface area contributed by atoms with Crippen LogP contribution in [0.4, 0.5) is 11.9 Å². The van der Waals surface area contributed by atoms with Crippen molar-refractivity contribution in [3.8, 4) is 5.88 Å². The summed E-state index contributed by atoms with van der Waals surface area (Å²) >= 11 is 3.64. The molecule has 51 heavy (non-hydrogen) atoms. The summed E-state index contributed by atoms with van der Waals surface area (Å²) in [6, 6.07) is 0. The fourth-order valence-corrected chi connectivity index (χ4v) is 16.3. The number of aliphatic hydroxyl groups is 4. The van der Waals surface area contributed by atoms with Gasteiger partial charge in [0.25, 0.3) is 5.56 Å². The number of aromatic amines is 1. The first-order valence-corrected chi connectivity index (χ1v) is 22.9. The van der Waals surface area contributed by atoms with Gasteiger partial charge in [0.1, 0.15) is 24.4 Å². The Bertz CT molecular complexity index is 2180. The number of nitrogens with one attached hydrogen (secondary N) is 1. The van der Waals surface area contributed by atoms with E-state index in [-0.39, 0.29) is 57.0 Å². The molecular formula is C20H27N10O15P3S3. The molecule has 31 heteroatoms. The number of rotatable bonds is 12. The summed E-state index contributed by atoms with van der Waals surface area (Å²) in [5.41, 5.74) is 10.1. The maximum atomic E-state index is 12.8. The number of hydrogen-bond donors (Lipinski definition) is 11. The number of nitrogens with two attached hydrogens (primary N) is 2. The fourth-order valence-electron chi connectivity index (χ4n) is 5.09. The van der Waals surface area contributed by atoms with E-state index in [1.54, 1.807) is 0 Å². The van der Waals surface area contributed by atoms with Crippen molar-refractivity contribution < 1.29 is 67.1 Å². The highest BCUT2D eigenvalue weighted by molar-refractivity contribution is 8.59. The Morgan fingerprint density at radius 1 is 0.824 bits per heavy atom. The van der Waals surface area contributed by atoms with Crippen LogP contribution in [0.3, 0.4) is 0 Å². The molecule has 0 radical (unpaired) electrons. The number of imidazole rings is 2. The zero-order valence-corrected chi connectivity index (χ0v) is 30.2. The van der Waals surface area contributed by atoms with Crippen LogP contribution >= 0.6 is 55.4 Å². The molecule has 11 atom stereocenters. The first-order valence-electron chi connectivity index (χ1n) is 13.9. The van der Waals surface area contributed by atoms with E-state index in [1.807, 2.05) is 0 Å². The first kappa shape index (κ1) is 38.4. The molecule has 0 bridgehead atoms. The summed E-state index contributed by atoms with van der Waals surface area (Å²) in [7, 11) is 0. The fraction of sp³-hybridized carbons (Fsp3) is 0.500. The lowest BCUT2D eigenvalue weighted by Gasteiger charge is -2.21. The Labute approximate surface area is 296 Å². The number of thiol groups is 1. The van der Waals surface area contributed by atoms with Gasteiger partial charge in [-0.15, -0.1) is 0 Å². The third-order valence-electron chi connectivity index (χ3n) is 7.31. The number of nitrogens with zero attached hydrogens (tertiary/aromatic N) is 7. The molecule has 2 fully saturated rings. The number of hydrogen-bond acceptors (Lipinski definition) is 22. The maximum Gasteiger partial charge on any atom is 0.401 e. The quantitative estimate of drug-likeness (QED) is 0.0590. The predicted octanol–water partition coefficient (Wildman–Crippen LogP) is -1.19. The molecule has 0 amide bonds. The van der Waals surface area contributed by atoms with Crippen molar-refractivity contribution in [2.24, 2.45) is 0 Å². The molecule has 280 valence electrons. The third-order valence-corrected chi connectivity index (χ3v) is 17.6. The lowest BCUT2D eigenvalue weighted by molar-refractivity contribution is -0.0288. The highest BCUT2D eigenvalue weighted by atomic mass is 32.8. The Kier molecular flexibility index (Phi) is 10.6. The van der Waals surface area contributed by atoms with E-state index < -0.39 is 92.4 Å². The van der Waals surface area contributed by atoms with Crippen LogP contribution in [0.2, 0.25) is 0 Å². The number of fused-ring (bicyclic) bond motifs is 2. The van der Waals surface area contributed by atoms with E-state index in [2.05, 4.69) is 50.8 Å². The van der Waals surface area contributed by atoms with Gasteiger partial charge >= 0.3 is 20.4 Å². The highest BCUT2D eigenvalue weighted by Gasteiger charge is 2.48. The van der Waals surface area contributed by atoms with Crippen molar-refractivity contribution in [2.75, 3.05) is 23.0 Å². The number of aliphatic hydroxyl groups excluding tert-OH is 4. The first-order chi connectivity index (χ1) is 23.8. The van der Waals surface area contributed by atoms with Gasteiger partial charge < -0.3 is 56.3 Å². The van der Waals surface area contributed by atoms with Crippen molar-refractivity contribution in [1.82, 2.24) is 39.0 Å². The van der Waals surface area contributed by atoms with Crippen molar-refractivity contribution in [2.45, 2.75) is 49.1 Å². The SMILES string of the molecule is Nc1nc(O)c2ncn([C@@H]3O[C@H](CSP(=O)(O)OP(=O)(S)OP(=O)(O)SC[C@H]4O[C@@H](n5cnc6c(=O)[nH]c(N)nc65)C(O)C4O)C(O)C3O)c2n1. The maximum absolute atomic E-state index is 12.8. The van der Waals surface area contributed by atoms with Crippen molar-refractivity contribution in [3.63, 3.8) is 0 Å². The average Bonchev–Trinajstić information content (AvgIpc) is 3.76. The van der Waals surface area contributed by atoms with E-state index in [9.17, 15) is 53.8 Å². The van der Waals surface area contributed by atoms with Gasteiger partial charge in [0.2, 0.25) is 17.8 Å². The summed E-state index contributed by atoms with van der Waals surface area (Å²) in [5, 5.41) is 52.2. The molecule has 2 saturated heterocycles. The largest absolute Gasteiger partial charge is 0.492 e. The van der Waals surface area contributed by atoms with Crippen LogP contribution in [0.25, 0.3) is 22.3 Å². The van der Waals surface area contributed by atoms with Crippen molar-refractivity contribution in [3.05, 3.63) is 23.0 Å². The number of H-pyrrole nitrogens is 1. The second-order valence-electron chi connectivity index (χ2n) is 10.8. The lowest BCUT2D eigenvalue weighted by Crippen LogP contribution is -2.32. The van der Waals surface area contributed by atoms with E-state index in [1.165, 1.54) is 0 Å². The van der Waals surface area contributed by atoms with Crippen LogP contribution in [0, 0.1) is 0 Å². The smallest absolute Gasteiger partial charge is 0.401 e. The van der Waals surface area contributed by atoms with E-state index in [0.717, 1.165) is 21.8 Å². The molecule has 4 aromatic heterocycles. The summed E-state index contributed by atoms with van der Waals surface area (Å²) in [6.45, 7) is -15.2. The van der Waals surface area contributed by atoms with Gasteiger partial charge in [-0.05, 0) is 22.8 Å². The van der Waals surface area contributed by atoms with Gasteiger partial charge in [-0.3, -0.25) is 18.9 Å². The van der Waals surface area contributed by atoms with Gasteiger partial charge in [-0.25, -0.2) is 32.3 Å². The van der Waals surface area contributed by atoms with Crippen molar-refractivity contribution >= 4 is 89.6 Å². The second kappa shape index (κ2) is 14.1. The number of aromatic hydroxyl groups is 1. The third kappa shape index (κ3) is 7.96. The minimum Gasteiger partial charge on any atom is -0.492 e.